The van der Waals surface area contributed by atoms with Crippen molar-refractivity contribution in [3.63, 3.8) is 0 Å². The molecule has 0 bridgehead atoms. The molecule has 6 nitrogen and oxygen atoms in total. The van der Waals surface area contributed by atoms with Crippen molar-refractivity contribution in [2.45, 2.75) is 50.5 Å². The van der Waals surface area contributed by atoms with E-state index in [1.165, 1.54) is 0 Å². The Bertz CT molecular complexity index is 447. The van der Waals surface area contributed by atoms with Crippen LogP contribution in [0.4, 0.5) is 0 Å². The van der Waals surface area contributed by atoms with E-state index >= 15 is 0 Å². The largest absolute Gasteiger partial charge is 0.386 e. The number of nitro groups is 1. The van der Waals surface area contributed by atoms with Crippen LogP contribution >= 0.6 is 0 Å². The van der Waals surface area contributed by atoms with Crippen LogP contribution in [0.25, 0.3) is 0 Å². The lowest BCUT2D eigenvalue weighted by atomic mass is 10.0. The van der Waals surface area contributed by atoms with Gasteiger partial charge in [-0.1, -0.05) is 30.3 Å². The lowest BCUT2D eigenvalue weighted by Gasteiger charge is -2.24. The summed E-state index contributed by atoms with van der Waals surface area (Å²) < 4.78 is 10.8. The maximum absolute atomic E-state index is 11.1. The highest BCUT2D eigenvalue weighted by molar-refractivity contribution is 5.14. The number of rotatable bonds is 8. The Labute approximate surface area is 130 Å². The van der Waals surface area contributed by atoms with Gasteiger partial charge in [-0.25, -0.2) is 0 Å². The molecule has 1 aliphatic heterocycles. The summed E-state index contributed by atoms with van der Waals surface area (Å²) in [4.78, 5) is 10.7. The first-order valence-electron chi connectivity index (χ1n) is 7.75. The third-order valence-electron chi connectivity index (χ3n) is 3.88. The molecule has 3 atom stereocenters. The number of nitrogens with zero attached hydrogens (tertiary/aromatic N) is 1. The Hall–Kier alpha value is -1.50. The van der Waals surface area contributed by atoms with Gasteiger partial charge < -0.3 is 14.6 Å². The topological polar surface area (TPSA) is 81.8 Å². The molecule has 1 heterocycles. The molecule has 0 spiro atoms. The zero-order valence-electron chi connectivity index (χ0n) is 12.6. The van der Waals surface area contributed by atoms with Crippen LogP contribution in [-0.4, -0.2) is 41.7 Å². The molecule has 1 saturated heterocycles. The minimum atomic E-state index is -1.12. The van der Waals surface area contributed by atoms with E-state index in [0.29, 0.717) is 19.4 Å². The highest BCUT2D eigenvalue weighted by Crippen LogP contribution is 2.16. The SMILES string of the molecule is O=[N+]([O-])C(COC1CCCCO1)C(O)CCc1ccccc1. The summed E-state index contributed by atoms with van der Waals surface area (Å²) in [5.74, 6) is 0. The van der Waals surface area contributed by atoms with Crippen LogP contribution in [0, 0.1) is 10.1 Å². The second-order valence-corrected chi connectivity index (χ2v) is 5.57. The summed E-state index contributed by atoms with van der Waals surface area (Å²) in [6, 6.07) is 8.51. The van der Waals surface area contributed by atoms with Gasteiger partial charge in [0.25, 0.3) is 6.04 Å². The van der Waals surface area contributed by atoms with Crippen LogP contribution < -0.4 is 0 Å². The molecule has 3 unspecified atom stereocenters. The van der Waals surface area contributed by atoms with Crippen LogP contribution in [0.2, 0.25) is 0 Å². The molecule has 0 saturated carbocycles. The summed E-state index contributed by atoms with van der Waals surface area (Å²) in [5, 5.41) is 21.3. The van der Waals surface area contributed by atoms with Crippen molar-refractivity contribution in [1.82, 2.24) is 0 Å². The predicted octanol–water partition coefficient (Wildman–Crippen LogP) is 2.17. The monoisotopic (exact) mass is 309 g/mol. The first-order valence-corrected chi connectivity index (χ1v) is 7.75. The molecule has 122 valence electrons. The lowest BCUT2D eigenvalue weighted by Crippen LogP contribution is -2.40. The molecule has 22 heavy (non-hydrogen) atoms. The average molecular weight is 309 g/mol. The molecule has 1 aromatic rings. The minimum absolute atomic E-state index is 0.117. The van der Waals surface area contributed by atoms with E-state index in [4.69, 9.17) is 9.47 Å². The zero-order chi connectivity index (χ0) is 15.8. The van der Waals surface area contributed by atoms with Gasteiger partial charge in [0, 0.05) is 11.5 Å². The summed E-state index contributed by atoms with van der Waals surface area (Å²) in [5.41, 5.74) is 1.06. The Kier molecular flexibility index (Phi) is 6.76. The van der Waals surface area contributed by atoms with Gasteiger partial charge in [-0.05, 0) is 37.7 Å². The van der Waals surface area contributed by atoms with E-state index in [0.717, 1.165) is 24.8 Å². The fourth-order valence-electron chi connectivity index (χ4n) is 2.51. The Morgan fingerprint density at radius 3 is 2.77 bits per heavy atom. The van der Waals surface area contributed by atoms with E-state index in [9.17, 15) is 15.2 Å². The zero-order valence-corrected chi connectivity index (χ0v) is 12.6. The van der Waals surface area contributed by atoms with Crippen molar-refractivity contribution in [2.75, 3.05) is 13.2 Å². The third-order valence-corrected chi connectivity index (χ3v) is 3.88. The van der Waals surface area contributed by atoms with E-state index in [1.807, 2.05) is 30.3 Å². The summed E-state index contributed by atoms with van der Waals surface area (Å²) >= 11 is 0. The summed E-state index contributed by atoms with van der Waals surface area (Å²) in [6.45, 7) is 0.512. The van der Waals surface area contributed by atoms with E-state index in [2.05, 4.69) is 0 Å². The molecule has 1 aliphatic rings. The van der Waals surface area contributed by atoms with Gasteiger partial charge in [0.2, 0.25) is 0 Å². The molecule has 0 aliphatic carbocycles. The Morgan fingerprint density at radius 1 is 1.36 bits per heavy atom. The van der Waals surface area contributed by atoms with Crippen molar-refractivity contribution in [2.24, 2.45) is 0 Å². The van der Waals surface area contributed by atoms with E-state index in [1.54, 1.807) is 0 Å². The fourth-order valence-corrected chi connectivity index (χ4v) is 2.51. The van der Waals surface area contributed by atoms with Gasteiger partial charge in [-0.15, -0.1) is 0 Å². The number of ether oxygens (including phenoxy) is 2. The molecule has 1 fully saturated rings. The van der Waals surface area contributed by atoms with Crippen LogP contribution in [0.5, 0.6) is 0 Å². The lowest BCUT2D eigenvalue weighted by molar-refractivity contribution is -0.540. The maximum Gasteiger partial charge on any atom is 0.261 e. The first-order chi connectivity index (χ1) is 10.7. The van der Waals surface area contributed by atoms with Crippen LogP contribution in [0.1, 0.15) is 31.2 Å². The van der Waals surface area contributed by atoms with Crippen molar-refractivity contribution < 1.29 is 19.5 Å². The summed E-state index contributed by atoms with van der Waals surface area (Å²) in [7, 11) is 0. The molecular formula is C16H23NO5. The third kappa shape index (κ3) is 5.36. The Morgan fingerprint density at radius 2 is 2.14 bits per heavy atom. The van der Waals surface area contributed by atoms with Crippen LogP contribution in [0.3, 0.4) is 0 Å². The van der Waals surface area contributed by atoms with Crippen molar-refractivity contribution in [1.29, 1.82) is 0 Å². The smallest absolute Gasteiger partial charge is 0.261 e. The molecule has 0 amide bonds. The molecule has 0 radical (unpaired) electrons. The second kappa shape index (κ2) is 8.82. The number of benzene rings is 1. The van der Waals surface area contributed by atoms with Crippen LogP contribution in [-0.2, 0) is 15.9 Å². The predicted molar refractivity (Wildman–Crippen MR) is 81.1 cm³/mol. The van der Waals surface area contributed by atoms with Gasteiger partial charge in [0.05, 0.1) is 0 Å². The van der Waals surface area contributed by atoms with Crippen molar-refractivity contribution >= 4 is 0 Å². The summed E-state index contributed by atoms with van der Waals surface area (Å²) in [6.07, 6.45) is 2.29. The molecule has 6 heteroatoms. The number of aliphatic hydroxyl groups excluding tert-OH is 1. The quantitative estimate of drug-likeness (QED) is 0.588. The standard InChI is InChI=1S/C16H23NO5/c18-15(10-9-13-6-2-1-3-7-13)14(17(19)20)12-22-16-8-4-5-11-21-16/h1-3,6-7,14-16,18H,4-5,8-12H2. The molecule has 1 aromatic carbocycles. The highest BCUT2D eigenvalue weighted by atomic mass is 16.7. The Balaban J connectivity index is 1.79. The van der Waals surface area contributed by atoms with E-state index in [-0.39, 0.29) is 12.9 Å². The van der Waals surface area contributed by atoms with Gasteiger partial charge in [0.15, 0.2) is 6.29 Å². The van der Waals surface area contributed by atoms with Gasteiger partial charge in [0.1, 0.15) is 12.7 Å². The van der Waals surface area contributed by atoms with Crippen molar-refractivity contribution in [3.8, 4) is 0 Å². The van der Waals surface area contributed by atoms with Gasteiger partial charge in [-0.2, -0.15) is 0 Å². The number of aliphatic hydroxyl groups is 1. The highest BCUT2D eigenvalue weighted by Gasteiger charge is 2.31. The molecule has 1 N–H and O–H groups in total. The van der Waals surface area contributed by atoms with Crippen molar-refractivity contribution in [3.05, 3.63) is 46.0 Å². The number of hydrogen-bond donors (Lipinski definition) is 1. The van der Waals surface area contributed by atoms with Gasteiger partial charge >= 0.3 is 0 Å². The number of aryl methyl sites for hydroxylation is 1. The number of hydrogen-bond acceptors (Lipinski definition) is 5. The second-order valence-electron chi connectivity index (χ2n) is 5.57. The molecule has 2 rings (SSSR count). The van der Waals surface area contributed by atoms with Crippen LogP contribution in [0.15, 0.2) is 30.3 Å². The maximum atomic E-state index is 11.1. The fraction of sp³-hybridized carbons (Fsp3) is 0.625. The van der Waals surface area contributed by atoms with Gasteiger partial charge in [-0.3, -0.25) is 10.1 Å². The first kappa shape index (κ1) is 16.9. The van der Waals surface area contributed by atoms with E-state index < -0.39 is 17.1 Å². The average Bonchev–Trinajstić information content (AvgIpc) is 2.55. The molecular weight excluding hydrogens is 286 g/mol. The molecule has 0 aromatic heterocycles. The minimum Gasteiger partial charge on any atom is -0.386 e. The normalized spacial score (nSPS) is 21.2.